The van der Waals surface area contributed by atoms with E-state index < -0.39 is 17.1 Å². The summed E-state index contributed by atoms with van der Waals surface area (Å²) < 4.78 is 7.45. The van der Waals surface area contributed by atoms with Gasteiger partial charge in [-0.05, 0) is 51.2 Å². The quantitative estimate of drug-likeness (QED) is 0.199. The molecule has 0 radical (unpaired) electrons. The number of imidazole rings is 1. The Morgan fingerprint density at radius 3 is 2.23 bits per heavy atom. The van der Waals surface area contributed by atoms with Crippen molar-refractivity contribution in [1.29, 1.82) is 0 Å². The van der Waals surface area contributed by atoms with Crippen molar-refractivity contribution in [2.75, 3.05) is 19.6 Å². The van der Waals surface area contributed by atoms with Gasteiger partial charge in [-0.2, -0.15) is 0 Å². The Labute approximate surface area is 285 Å². The van der Waals surface area contributed by atoms with Crippen LogP contribution in [0.25, 0.3) is 11.3 Å². The lowest BCUT2D eigenvalue weighted by Gasteiger charge is -2.41. The highest BCUT2D eigenvalue weighted by atomic mass is 16.6. The fourth-order valence-corrected chi connectivity index (χ4v) is 5.90. The number of ether oxygens (including phenoxy) is 1. The molecule has 0 fully saturated rings. The van der Waals surface area contributed by atoms with Crippen molar-refractivity contribution in [1.82, 2.24) is 25.1 Å². The summed E-state index contributed by atoms with van der Waals surface area (Å²) in [5, 5.41) is 5.36. The van der Waals surface area contributed by atoms with Gasteiger partial charge in [0.15, 0.2) is 0 Å². The van der Waals surface area contributed by atoms with Crippen molar-refractivity contribution >= 4 is 17.9 Å². The van der Waals surface area contributed by atoms with E-state index in [2.05, 4.69) is 85.5 Å². The van der Waals surface area contributed by atoms with Gasteiger partial charge in [0.25, 0.3) is 5.91 Å². The second kappa shape index (κ2) is 15.5. The van der Waals surface area contributed by atoms with Crippen LogP contribution in [-0.4, -0.2) is 57.6 Å². The molecule has 0 spiro atoms. The molecule has 1 aromatic heterocycles. The van der Waals surface area contributed by atoms with Crippen LogP contribution < -0.4 is 10.6 Å². The summed E-state index contributed by atoms with van der Waals surface area (Å²) in [5.41, 5.74) is 1.29. The Bertz CT molecular complexity index is 1600. The van der Waals surface area contributed by atoms with Crippen molar-refractivity contribution in [3.8, 4) is 11.3 Å². The van der Waals surface area contributed by atoms with E-state index >= 15 is 0 Å². The van der Waals surface area contributed by atoms with E-state index in [1.807, 2.05) is 53.4 Å². The number of allylic oxidation sites excluding steroid dienone is 4. The van der Waals surface area contributed by atoms with E-state index in [0.717, 1.165) is 23.5 Å². The second-order valence-electron chi connectivity index (χ2n) is 14.8. The minimum Gasteiger partial charge on any atom is -0.444 e. The number of nitrogens with one attached hydrogen (secondary N) is 2. The van der Waals surface area contributed by atoms with Gasteiger partial charge in [0.1, 0.15) is 11.4 Å². The fraction of sp³-hybridized carbons (Fsp3) is 0.436. The van der Waals surface area contributed by atoms with Crippen LogP contribution in [0, 0.1) is 10.8 Å². The number of hydrogen-bond acceptors (Lipinski definition) is 5. The van der Waals surface area contributed by atoms with Gasteiger partial charge in [0.2, 0.25) is 5.91 Å². The van der Waals surface area contributed by atoms with Crippen LogP contribution >= 0.6 is 0 Å². The summed E-state index contributed by atoms with van der Waals surface area (Å²) in [7, 11) is 0. The number of carbonyl (C=O) groups excluding carboxylic acids is 3. The number of rotatable bonds is 12. The van der Waals surface area contributed by atoms with Crippen LogP contribution in [0.2, 0.25) is 0 Å². The van der Waals surface area contributed by atoms with Gasteiger partial charge in [-0.1, -0.05) is 101 Å². The summed E-state index contributed by atoms with van der Waals surface area (Å²) >= 11 is 0. The normalized spacial score (nSPS) is 16.6. The predicted molar refractivity (Wildman–Crippen MR) is 190 cm³/mol. The number of carbonyl (C=O) groups is 3. The number of alkyl carbamates (subject to hydrolysis) is 1. The summed E-state index contributed by atoms with van der Waals surface area (Å²) in [6.07, 6.45) is 11.5. The third kappa shape index (κ3) is 10.2. The summed E-state index contributed by atoms with van der Waals surface area (Å²) in [5.74, 6) is 0.386. The number of nitrogens with zero attached hydrogens (tertiary/aromatic N) is 3. The van der Waals surface area contributed by atoms with Gasteiger partial charge in [0.05, 0.1) is 18.3 Å². The number of benzene rings is 2. The molecular formula is C39H51N5O4. The molecule has 48 heavy (non-hydrogen) atoms. The minimum atomic E-state index is -0.655. The molecule has 1 unspecified atom stereocenters. The second-order valence-corrected chi connectivity index (χ2v) is 14.8. The molecule has 0 aliphatic heterocycles. The van der Waals surface area contributed by atoms with Gasteiger partial charge in [-0.25, -0.2) is 9.78 Å². The van der Waals surface area contributed by atoms with Gasteiger partial charge < -0.3 is 24.8 Å². The van der Waals surface area contributed by atoms with E-state index in [-0.39, 0.29) is 29.8 Å². The standard InChI is InChI=1S/C39H51N5O4/c1-37(2,3)33(34-42-31(29-18-11-8-12-19-29)27-43(34)28-39(7)22-15-10-16-23-39)44(35(46)30-20-13-9-14-21-30)25-17-24-40-32(45)26-41-36(47)48-38(4,5)6/h8-16,18-22,27,33H,17,23-26,28H2,1-7H3,(H,40,45)(H,41,47)/t33-,39?/m0/s1. The van der Waals surface area contributed by atoms with Crippen molar-refractivity contribution in [2.24, 2.45) is 10.8 Å². The summed E-state index contributed by atoms with van der Waals surface area (Å²) in [4.78, 5) is 46.1. The minimum absolute atomic E-state index is 0.101. The van der Waals surface area contributed by atoms with Crippen LogP contribution in [0.1, 0.15) is 83.5 Å². The van der Waals surface area contributed by atoms with Crippen LogP contribution in [0.5, 0.6) is 0 Å². The number of amides is 3. The highest BCUT2D eigenvalue weighted by Crippen LogP contribution is 2.41. The van der Waals surface area contributed by atoms with Gasteiger partial charge in [0, 0.05) is 42.4 Å². The third-order valence-electron chi connectivity index (χ3n) is 8.09. The Balaban J connectivity index is 1.64. The van der Waals surface area contributed by atoms with E-state index in [0.29, 0.717) is 31.6 Å². The molecule has 0 saturated carbocycles. The van der Waals surface area contributed by atoms with Crippen molar-refractivity contribution in [3.05, 3.63) is 103 Å². The summed E-state index contributed by atoms with van der Waals surface area (Å²) in [6.45, 7) is 15.2. The number of hydrogen-bond donors (Lipinski definition) is 2. The highest BCUT2D eigenvalue weighted by Gasteiger charge is 2.39. The number of aromatic nitrogens is 2. The fourth-order valence-electron chi connectivity index (χ4n) is 5.90. The molecule has 1 heterocycles. The van der Waals surface area contributed by atoms with Gasteiger partial charge >= 0.3 is 6.09 Å². The molecule has 256 valence electrons. The molecule has 9 nitrogen and oxygen atoms in total. The topological polar surface area (TPSA) is 106 Å². The molecule has 3 aromatic rings. The van der Waals surface area contributed by atoms with Gasteiger partial charge in [-0.3, -0.25) is 9.59 Å². The summed E-state index contributed by atoms with van der Waals surface area (Å²) in [6, 6.07) is 19.0. The molecule has 1 aliphatic carbocycles. The van der Waals surface area contributed by atoms with E-state index in [1.165, 1.54) is 0 Å². The average molecular weight is 654 g/mol. The Kier molecular flexibility index (Phi) is 11.7. The van der Waals surface area contributed by atoms with E-state index in [9.17, 15) is 14.4 Å². The van der Waals surface area contributed by atoms with Crippen molar-refractivity contribution in [3.63, 3.8) is 0 Å². The molecular weight excluding hydrogens is 602 g/mol. The molecule has 2 N–H and O–H groups in total. The zero-order chi connectivity index (χ0) is 35.0. The SMILES string of the molecule is CC1(Cn2cc(-c3ccccc3)nc2[C@H](N(CCCNC(=O)CNC(=O)OC(C)(C)C)C(=O)c2ccccc2)C(C)(C)C)C=CC=CC1. The maximum atomic E-state index is 14.4. The lowest BCUT2D eigenvalue weighted by atomic mass is 9.82. The first-order valence-corrected chi connectivity index (χ1v) is 16.7. The van der Waals surface area contributed by atoms with Crippen LogP contribution in [-0.2, 0) is 16.1 Å². The third-order valence-corrected chi connectivity index (χ3v) is 8.09. The first-order valence-electron chi connectivity index (χ1n) is 16.7. The lowest BCUT2D eigenvalue weighted by molar-refractivity contribution is -0.120. The first kappa shape index (κ1) is 36.2. The van der Waals surface area contributed by atoms with E-state index in [4.69, 9.17) is 9.72 Å². The molecule has 3 amide bonds. The molecule has 9 heteroatoms. The van der Waals surface area contributed by atoms with Crippen LogP contribution in [0.3, 0.4) is 0 Å². The average Bonchev–Trinajstić information content (AvgIpc) is 3.42. The van der Waals surface area contributed by atoms with E-state index in [1.54, 1.807) is 20.8 Å². The Hall–Kier alpha value is -4.66. The molecule has 2 atom stereocenters. The molecule has 2 aromatic carbocycles. The monoisotopic (exact) mass is 653 g/mol. The Morgan fingerprint density at radius 1 is 0.958 bits per heavy atom. The maximum Gasteiger partial charge on any atom is 0.408 e. The molecule has 0 bridgehead atoms. The zero-order valence-corrected chi connectivity index (χ0v) is 29.5. The molecule has 0 saturated heterocycles. The highest BCUT2D eigenvalue weighted by molar-refractivity contribution is 5.94. The lowest BCUT2D eigenvalue weighted by Crippen LogP contribution is -2.44. The molecule has 1 aliphatic rings. The van der Waals surface area contributed by atoms with Crippen molar-refractivity contribution in [2.45, 2.75) is 79.5 Å². The predicted octanol–water partition coefficient (Wildman–Crippen LogP) is 7.33. The zero-order valence-electron chi connectivity index (χ0n) is 29.5. The smallest absolute Gasteiger partial charge is 0.408 e. The maximum absolute atomic E-state index is 14.4. The first-order chi connectivity index (χ1) is 22.7. The van der Waals surface area contributed by atoms with Crippen LogP contribution in [0.15, 0.2) is 91.2 Å². The molecule has 4 rings (SSSR count). The Morgan fingerprint density at radius 2 is 1.62 bits per heavy atom. The largest absolute Gasteiger partial charge is 0.444 e. The van der Waals surface area contributed by atoms with Gasteiger partial charge in [-0.15, -0.1) is 0 Å². The van der Waals surface area contributed by atoms with Crippen LogP contribution in [0.4, 0.5) is 4.79 Å². The van der Waals surface area contributed by atoms with Crippen molar-refractivity contribution < 1.29 is 19.1 Å².